The number of imidazole rings is 1. The van der Waals surface area contributed by atoms with Crippen molar-refractivity contribution in [3.8, 4) is 0 Å². The van der Waals surface area contributed by atoms with Gasteiger partial charge in [0.15, 0.2) is 17.0 Å². The topological polar surface area (TPSA) is 135 Å². The van der Waals surface area contributed by atoms with E-state index in [9.17, 15) is 9.18 Å². The number of fused-ring (bicyclic) bond motifs is 1. The molecule has 1 aliphatic heterocycles. The van der Waals surface area contributed by atoms with Crippen molar-refractivity contribution in [3.63, 3.8) is 0 Å². The highest BCUT2D eigenvalue weighted by Crippen LogP contribution is 2.34. The molecular formula is C28H38FN9O2. The Kier molecular flexibility index (Phi) is 7.96. The number of aromatic nitrogens is 4. The zero-order valence-corrected chi connectivity index (χ0v) is 22.7. The number of rotatable bonds is 7. The molecule has 12 heteroatoms. The van der Waals surface area contributed by atoms with Gasteiger partial charge in [0.1, 0.15) is 5.82 Å². The lowest BCUT2D eigenvalue weighted by Gasteiger charge is -2.31. The van der Waals surface area contributed by atoms with Gasteiger partial charge in [-0.1, -0.05) is 18.9 Å². The molecule has 3 fully saturated rings. The number of hydrogen-bond donors (Lipinski definition) is 4. The van der Waals surface area contributed by atoms with E-state index in [1.807, 2.05) is 6.33 Å². The van der Waals surface area contributed by atoms with E-state index in [4.69, 9.17) is 25.5 Å². The molecule has 0 atom stereocenters. The minimum Gasteiger partial charge on any atom is -0.365 e. The van der Waals surface area contributed by atoms with Crippen LogP contribution in [0, 0.1) is 5.82 Å². The molecule has 1 amide bonds. The van der Waals surface area contributed by atoms with Crippen LogP contribution in [0.25, 0.3) is 11.2 Å². The first-order valence-corrected chi connectivity index (χ1v) is 14.5. The van der Waals surface area contributed by atoms with Gasteiger partial charge >= 0.3 is 6.09 Å². The summed E-state index contributed by atoms with van der Waals surface area (Å²) in [6.07, 6.45) is 11.6. The molecule has 0 radical (unpaired) electrons. The molecule has 1 aromatic carbocycles. The van der Waals surface area contributed by atoms with E-state index in [1.54, 1.807) is 11.1 Å². The standard InChI is InChI=1S/C28H38FN9O2/c29-18-4-3-5-22(16-18)34-28(39)40-37-14-12-21(13-15-37)32-25-24-26(38(17-31-24)23-6-1-2-7-23)36-27(35-25)33-20-10-8-19(30)9-11-20/h3-5,16-17,19-21,23H,1-2,6-15,30H2,(H,34,39)(H2,32,33,35,36). The number of hydrogen-bond acceptors (Lipinski definition) is 9. The van der Waals surface area contributed by atoms with Crippen molar-refractivity contribution >= 4 is 34.7 Å². The Morgan fingerprint density at radius 3 is 2.48 bits per heavy atom. The zero-order valence-electron chi connectivity index (χ0n) is 22.7. The van der Waals surface area contributed by atoms with Crippen LogP contribution < -0.4 is 21.7 Å². The SMILES string of the molecule is NC1CCC(Nc2nc(NC3CCN(OC(=O)Nc4cccc(F)c4)CC3)c3ncn(C4CCCC4)c3n2)CC1. The van der Waals surface area contributed by atoms with Crippen LogP contribution in [0.2, 0.25) is 0 Å². The third-order valence-corrected chi connectivity index (χ3v) is 8.32. The van der Waals surface area contributed by atoms with Crippen molar-refractivity contribution in [2.24, 2.45) is 5.73 Å². The van der Waals surface area contributed by atoms with Gasteiger partial charge in [0.05, 0.1) is 6.33 Å². The first kappa shape index (κ1) is 26.7. The van der Waals surface area contributed by atoms with Crippen LogP contribution in [0.4, 0.5) is 26.6 Å². The maximum atomic E-state index is 13.4. The van der Waals surface area contributed by atoms with E-state index < -0.39 is 11.9 Å². The molecule has 2 aliphatic carbocycles. The van der Waals surface area contributed by atoms with E-state index in [2.05, 4.69) is 20.5 Å². The molecular weight excluding hydrogens is 513 g/mol. The maximum absolute atomic E-state index is 13.4. The third-order valence-electron chi connectivity index (χ3n) is 8.32. The molecule has 5 N–H and O–H groups in total. The summed E-state index contributed by atoms with van der Waals surface area (Å²) in [7, 11) is 0. The number of nitrogens with two attached hydrogens (primary N) is 1. The molecule has 0 bridgehead atoms. The van der Waals surface area contributed by atoms with Crippen LogP contribution in [0.15, 0.2) is 30.6 Å². The van der Waals surface area contributed by atoms with Gasteiger partial charge in [0, 0.05) is 42.9 Å². The van der Waals surface area contributed by atoms with Crippen molar-refractivity contribution in [1.29, 1.82) is 0 Å². The Labute approximate surface area is 233 Å². The van der Waals surface area contributed by atoms with Gasteiger partial charge in [-0.2, -0.15) is 9.97 Å². The lowest BCUT2D eigenvalue weighted by molar-refractivity contribution is -0.106. The Morgan fingerprint density at radius 2 is 1.73 bits per heavy atom. The molecule has 3 heterocycles. The highest BCUT2D eigenvalue weighted by molar-refractivity contribution is 5.85. The predicted molar refractivity (Wildman–Crippen MR) is 151 cm³/mol. The Balaban J connectivity index is 1.12. The average molecular weight is 552 g/mol. The van der Waals surface area contributed by atoms with Crippen LogP contribution in [-0.4, -0.2) is 61.9 Å². The number of halogens is 1. The summed E-state index contributed by atoms with van der Waals surface area (Å²) >= 11 is 0. The monoisotopic (exact) mass is 551 g/mol. The molecule has 3 aromatic rings. The largest absolute Gasteiger partial charge is 0.430 e. The highest BCUT2D eigenvalue weighted by Gasteiger charge is 2.27. The zero-order chi connectivity index (χ0) is 27.5. The molecule has 0 spiro atoms. The first-order chi connectivity index (χ1) is 19.5. The minimum absolute atomic E-state index is 0.140. The van der Waals surface area contributed by atoms with Gasteiger partial charge in [-0.15, -0.1) is 5.06 Å². The lowest BCUT2D eigenvalue weighted by Crippen LogP contribution is -2.41. The van der Waals surface area contributed by atoms with Crippen molar-refractivity contribution < 1.29 is 14.0 Å². The molecule has 214 valence electrons. The molecule has 6 rings (SSSR count). The molecule has 40 heavy (non-hydrogen) atoms. The van der Waals surface area contributed by atoms with Crippen LogP contribution in [0.3, 0.4) is 0 Å². The van der Waals surface area contributed by atoms with Crippen LogP contribution in [0.1, 0.15) is 70.3 Å². The fourth-order valence-electron chi connectivity index (χ4n) is 6.09. The summed E-state index contributed by atoms with van der Waals surface area (Å²) in [4.78, 5) is 32.3. The number of nitrogens with one attached hydrogen (secondary N) is 3. The predicted octanol–water partition coefficient (Wildman–Crippen LogP) is 4.80. The molecule has 11 nitrogen and oxygen atoms in total. The molecule has 3 aliphatic rings. The number of carbonyl (C=O) groups is 1. The van der Waals surface area contributed by atoms with Gasteiger partial charge in [0.2, 0.25) is 5.95 Å². The van der Waals surface area contributed by atoms with Gasteiger partial charge in [-0.05, 0) is 69.6 Å². The smallest absolute Gasteiger partial charge is 0.365 e. The summed E-state index contributed by atoms with van der Waals surface area (Å²) < 4.78 is 15.6. The third kappa shape index (κ3) is 6.28. The van der Waals surface area contributed by atoms with Gasteiger partial charge in [-0.3, -0.25) is 5.32 Å². The van der Waals surface area contributed by atoms with Gasteiger partial charge in [0.25, 0.3) is 0 Å². The van der Waals surface area contributed by atoms with Crippen molar-refractivity contribution in [1.82, 2.24) is 24.6 Å². The van der Waals surface area contributed by atoms with Crippen molar-refractivity contribution in [2.45, 2.75) is 88.4 Å². The minimum atomic E-state index is -0.633. The number of hydroxylamine groups is 2. The van der Waals surface area contributed by atoms with Crippen LogP contribution >= 0.6 is 0 Å². The highest BCUT2D eigenvalue weighted by atomic mass is 19.1. The van der Waals surface area contributed by atoms with E-state index in [-0.39, 0.29) is 12.1 Å². The average Bonchev–Trinajstić information content (AvgIpc) is 3.61. The van der Waals surface area contributed by atoms with Crippen molar-refractivity contribution in [3.05, 3.63) is 36.4 Å². The summed E-state index contributed by atoms with van der Waals surface area (Å²) in [5.74, 6) is 0.947. The van der Waals surface area contributed by atoms with Crippen LogP contribution in [0.5, 0.6) is 0 Å². The normalized spacial score (nSPS) is 22.9. The molecule has 2 aromatic heterocycles. The van der Waals surface area contributed by atoms with E-state index in [0.717, 1.165) is 68.3 Å². The number of nitrogens with zero attached hydrogens (tertiary/aromatic N) is 5. The summed E-state index contributed by atoms with van der Waals surface area (Å²) in [6.45, 7) is 1.12. The van der Waals surface area contributed by atoms with E-state index >= 15 is 0 Å². The van der Waals surface area contributed by atoms with Gasteiger partial charge in [-0.25, -0.2) is 14.2 Å². The fourth-order valence-corrected chi connectivity index (χ4v) is 6.09. The van der Waals surface area contributed by atoms with Crippen LogP contribution in [-0.2, 0) is 4.84 Å². The fraction of sp³-hybridized carbons (Fsp3) is 0.571. The second kappa shape index (κ2) is 11.9. The number of benzene rings is 1. The Morgan fingerprint density at radius 1 is 0.975 bits per heavy atom. The Hall–Kier alpha value is -3.51. The quantitative estimate of drug-likeness (QED) is 0.326. The van der Waals surface area contributed by atoms with Gasteiger partial charge < -0.3 is 25.8 Å². The van der Waals surface area contributed by atoms with E-state index in [0.29, 0.717) is 36.8 Å². The summed E-state index contributed by atoms with van der Waals surface area (Å²) in [5, 5.41) is 11.4. The maximum Gasteiger partial charge on any atom is 0.430 e. The lowest BCUT2D eigenvalue weighted by atomic mass is 9.92. The first-order valence-electron chi connectivity index (χ1n) is 14.5. The summed E-state index contributed by atoms with van der Waals surface area (Å²) in [6, 6.07) is 6.88. The molecule has 0 unspecified atom stereocenters. The second-order valence-corrected chi connectivity index (χ2v) is 11.3. The number of piperidine rings is 1. The summed E-state index contributed by atoms with van der Waals surface area (Å²) in [5.41, 5.74) is 8.13. The second-order valence-electron chi connectivity index (χ2n) is 11.3. The van der Waals surface area contributed by atoms with E-state index in [1.165, 1.54) is 31.0 Å². The molecule has 1 saturated heterocycles. The molecule has 2 saturated carbocycles. The number of anilines is 3. The number of amides is 1. The van der Waals surface area contributed by atoms with Crippen molar-refractivity contribution in [2.75, 3.05) is 29.0 Å². The number of carbonyl (C=O) groups excluding carboxylic acids is 1. The Bertz CT molecular complexity index is 1310.